The van der Waals surface area contributed by atoms with Crippen molar-refractivity contribution in [2.75, 3.05) is 7.11 Å². The summed E-state index contributed by atoms with van der Waals surface area (Å²) >= 11 is 1.71. The van der Waals surface area contributed by atoms with Crippen molar-refractivity contribution < 1.29 is 28.7 Å². The maximum absolute atomic E-state index is 12.7. The van der Waals surface area contributed by atoms with Gasteiger partial charge in [0.05, 0.1) is 23.8 Å². The summed E-state index contributed by atoms with van der Waals surface area (Å²) < 4.78 is 8.76. The number of methoxy groups -OCH3 is 1. The number of Topliss-reactive ketones (excluding diaryl/α,β-unsaturated/α-hetero) is 1. The minimum Gasteiger partial charge on any atom is -0.465 e. The van der Waals surface area contributed by atoms with Crippen LogP contribution in [0.1, 0.15) is 44.9 Å². The van der Waals surface area contributed by atoms with Crippen molar-refractivity contribution in [2.24, 2.45) is 0 Å². The summed E-state index contributed by atoms with van der Waals surface area (Å²) in [5, 5.41) is 2.61. The first-order valence-corrected chi connectivity index (χ1v) is 9.85. The van der Waals surface area contributed by atoms with E-state index in [4.69, 9.17) is 4.74 Å². The number of rotatable bonds is 7. The first-order valence-electron chi connectivity index (χ1n) is 8.61. The Morgan fingerprint density at radius 3 is 2.10 bits per heavy atom. The number of carbonyl (C=O) groups is 4. The van der Waals surface area contributed by atoms with Crippen LogP contribution >= 0.6 is 22.6 Å². The van der Waals surface area contributed by atoms with Crippen LogP contribution in [0.15, 0.2) is 54.6 Å². The lowest BCUT2D eigenvalue weighted by atomic mass is 9.98. The summed E-state index contributed by atoms with van der Waals surface area (Å²) in [6, 6.07) is 14.2. The Balaban J connectivity index is 2.07. The highest BCUT2D eigenvalue weighted by Crippen LogP contribution is 2.18. The fourth-order valence-electron chi connectivity index (χ4n) is 2.40. The number of ketones is 1. The van der Waals surface area contributed by atoms with E-state index in [9.17, 15) is 19.2 Å². The van der Waals surface area contributed by atoms with Gasteiger partial charge >= 0.3 is 11.9 Å². The molecule has 8 heteroatoms. The van der Waals surface area contributed by atoms with Crippen LogP contribution in [0.3, 0.4) is 0 Å². The number of amides is 1. The van der Waals surface area contributed by atoms with Crippen molar-refractivity contribution in [2.45, 2.75) is 23.5 Å². The van der Waals surface area contributed by atoms with Crippen LogP contribution in [0.25, 0.3) is 0 Å². The molecule has 0 spiro atoms. The zero-order valence-electron chi connectivity index (χ0n) is 16.1. The van der Waals surface area contributed by atoms with Crippen molar-refractivity contribution in [3.05, 3.63) is 71.3 Å². The summed E-state index contributed by atoms with van der Waals surface area (Å²) in [6.07, 6.45) is 0. The average molecular weight is 509 g/mol. The molecule has 7 nitrogen and oxygen atoms in total. The van der Waals surface area contributed by atoms with E-state index < -0.39 is 33.3 Å². The van der Waals surface area contributed by atoms with Gasteiger partial charge in [-0.1, -0.05) is 24.3 Å². The molecule has 0 radical (unpaired) electrons. The van der Waals surface area contributed by atoms with Gasteiger partial charge < -0.3 is 14.8 Å². The Hall–Kier alpha value is -2.75. The van der Waals surface area contributed by atoms with Crippen molar-refractivity contribution in [3.63, 3.8) is 0 Å². The van der Waals surface area contributed by atoms with Crippen molar-refractivity contribution in [1.82, 2.24) is 5.32 Å². The zero-order valence-corrected chi connectivity index (χ0v) is 18.3. The molecule has 152 valence electrons. The molecule has 0 aliphatic rings. The van der Waals surface area contributed by atoms with Gasteiger partial charge in [0, 0.05) is 5.56 Å². The first kappa shape index (κ1) is 22.5. The third-order valence-electron chi connectivity index (χ3n) is 4.01. The number of esters is 2. The number of halogens is 1. The summed E-state index contributed by atoms with van der Waals surface area (Å²) in [5.74, 6) is -2.24. The molecule has 1 amide bonds. The molecule has 0 aromatic heterocycles. The molecule has 1 unspecified atom stereocenters. The molecule has 2 rings (SSSR count). The van der Waals surface area contributed by atoms with E-state index in [0.29, 0.717) is 5.56 Å². The molecule has 1 N–H and O–H groups in total. The predicted molar refractivity (Wildman–Crippen MR) is 114 cm³/mol. The highest BCUT2D eigenvalue weighted by molar-refractivity contribution is 14.1. The molecule has 0 aliphatic carbocycles. The van der Waals surface area contributed by atoms with Crippen molar-refractivity contribution >= 4 is 46.2 Å². The molecular weight excluding hydrogens is 489 g/mol. The van der Waals surface area contributed by atoms with Gasteiger partial charge in [0.25, 0.3) is 5.91 Å². The number of ether oxygens (including phenoxy) is 2. The Morgan fingerprint density at radius 2 is 1.48 bits per heavy atom. The lowest BCUT2D eigenvalue weighted by Crippen LogP contribution is -2.53. The van der Waals surface area contributed by atoms with Gasteiger partial charge in [-0.2, -0.15) is 0 Å². The quantitative estimate of drug-likeness (QED) is 0.350. The molecule has 2 aromatic rings. The monoisotopic (exact) mass is 509 g/mol. The van der Waals surface area contributed by atoms with E-state index in [1.54, 1.807) is 59.0 Å². The predicted octanol–water partition coefficient (Wildman–Crippen LogP) is 3.17. The molecular formula is C21H20INO6. The third-order valence-corrected chi connectivity index (χ3v) is 4.83. The Bertz CT molecular complexity index is 926. The second-order valence-corrected chi connectivity index (χ2v) is 7.73. The lowest BCUT2D eigenvalue weighted by Gasteiger charge is -2.27. The smallest absolute Gasteiger partial charge is 0.339 e. The molecule has 1 atom stereocenters. The Labute approximate surface area is 181 Å². The van der Waals surface area contributed by atoms with Crippen LogP contribution in [0.2, 0.25) is 0 Å². The lowest BCUT2D eigenvalue weighted by molar-refractivity contribution is -0.128. The van der Waals surface area contributed by atoms with Gasteiger partial charge in [0.1, 0.15) is 0 Å². The number of hydrogen-bond donors (Lipinski definition) is 1. The second kappa shape index (κ2) is 9.64. The van der Waals surface area contributed by atoms with Crippen LogP contribution in [0.4, 0.5) is 0 Å². The number of carbonyl (C=O) groups excluding carboxylic acids is 4. The summed E-state index contributed by atoms with van der Waals surface area (Å²) in [6.45, 7) is 3.03. The Kier molecular flexibility index (Phi) is 7.49. The Morgan fingerprint density at radius 1 is 0.897 bits per heavy atom. The van der Waals surface area contributed by atoms with Gasteiger partial charge in [-0.15, -0.1) is 0 Å². The van der Waals surface area contributed by atoms with Crippen molar-refractivity contribution in [1.29, 1.82) is 0 Å². The van der Waals surface area contributed by atoms with E-state index in [2.05, 4.69) is 10.1 Å². The maximum atomic E-state index is 12.7. The van der Waals surface area contributed by atoms with Crippen LogP contribution in [0.5, 0.6) is 0 Å². The van der Waals surface area contributed by atoms with Gasteiger partial charge in [0.15, 0.2) is 0 Å². The standard InChI is InChI=1S/C21H20INO6/c1-21(2,16(24)17(22)29-20(27)13-8-5-4-6-9-13)23-18(25)14-10-7-11-15(12-14)19(26)28-3/h4-12,17H,1-3H3,(H,23,25). The molecule has 2 aromatic carbocycles. The van der Waals surface area contributed by atoms with E-state index in [0.717, 1.165) is 0 Å². The summed E-state index contributed by atoms with van der Waals surface area (Å²) in [7, 11) is 1.24. The molecule has 29 heavy (non-hydrogen) atoms. The summed E-state index contributed by atoms with van der Waals surface area (Å²) in [5.41, 5.74) is -0.586. The van der Waals surface area contributed by atoms with E-state index in [-0.39, 0.29) is 11.1 Å². The van der Waals surface area contributed by atoms with Crippen LogP contribution in [-0.4, -0.2) is 40.4 Å². The minimum atomic E-state index is -1.32. The van der Waals surface area contributed by atoms with Crippen molar-refractivity contribution in [3.8, 4) is 0 Å². The number of benzene rings is 2. The molecule has 0 bridgehead atoms. The highest BCUT2D eigenvalue weighted by Gasteiger charge is 2.36. The second-order valence-electron chi connectivity index (χ2n) is 6.60. The molecule has 0 aliphatic heterocycles. The third kappa shape index (κ3) is 5.86. The minimum absolute atomic E-state index is 0.195. The molecule has 0 saturated heterocycles. The van der Waals surface area contributed by atoms with Crippen LogP contribution in [-0.2, 0) is 14.3 Å². The van der Waals surface area contributed by atoms with Gasteiger partial charge in [-0.05, 0) is 66.8 Å². The number of nitrogens with one attached hydrogen (secondary N) is 1. The van der Waals surface area contributed by atoms with Crippen LogP contribution < -0.4 is 5.32 Å². The zero-order chi connectivity index (χ0) is 21.6. The maximum Gasteiger partial charge on any atom is 0.339 e. The van der Waals surface area contributed by atoms with Crippen LogP contribution in [0, 0.1) is 0 Å². The highest BCUT2D eigenvalue weighted by atomic mass is 127. The largest absolute Gasteiger partial charge is 0.465 e. The number of hydrogen-bond acceptors (Lipinski definition) is 6. The van der Waals surface area contributed by atoms with Gasteiger partial charge in [0.2, 0.25) is 9.89 Å². The normalized spacial score (nSPS) is 11.9. The SMILES string of the molecule is COC(=O)c1cccc(C(=O)NC(C)(C)C(=O)C(I)OC(=O)c2ccccc2)c1. The van der Waals surface area contributed by atoms with E-state index in [1.165, 1.54) is 39.2 Å². The average Bonchev–Trinajstić information content (AvgIpc) is 2.72. The fraction of sp³-hybridized carbons (Fsp3) is 0.238. The first-order chi connectivity index (χ1) is 13.7. The number of alkyl halides is 1. The van der Waals surface area contributed by atoms with E-state index in [1.807, 2.05) is 0 Å². The molecule has 0 fully saturated rings. The van der Waals surface area contributed by atoms with Gasteiger partial charge in [-0.25, -0.2) is 9.59 Å². The topological polar surface area (TPSA) is 98.8 Å². The van der Waals surface area contributed by atoms with Gasteiger partial charge in [-0.3, -0.25) is 9.59 Å². The summed E-state index contributed by atoms with van der Waals surface area (Å²) in [4.78, 5) is 49.1. The fourth-order valence-corrected chi connectivity index (χ4v) is 3.41. The molecule has 0 saturated carbocycles. The molecule has 0 heterocycles. The van der Waals surface area contributed by atoms with E-state index >= 15 is 0 Å².